The van der Waals surface area contributed by atoms with Crippen LogP contribution in [0.3, 0.4) is 0 Å². The summed E-state index contributed by atoms with van der Waals surface area (Å²) in [5.74, 6) is -0.0902. The molecule has 1 heterocycles. The maximum absolute atomic E-state index is 12.5. The van der Waals surface area contributed by atoms with Gasteiger partial charge in [0, 0.05) is 18.0 Å². The van der Waals surface area contributed by atoms with Crippen LogP contribution in [0.2, 0.25) is 0 Å². The predicted molar refractivity (Wildman–Crippen MR) is 111 cm³/mol. The minimum Gasteiger partial charge on any atom is -0.465 e. The fourth-order valence-electron chi connectivity index (χ4n) is 3.53. The van der Waals surface area contributed by atoms with Crippen molar-refractivity contribution >= 4 is 34.1 Å². The van der Waals surface area contributed by atoms with Crippen LogP contribution in [0.15, 0.2) is 0 Å². The number of fused-ring (bicyclic) bond motifs is 1. The van der Waals surface area contributed by atoms with Crippen molar-refractivity contribution in [2.24, 2.45) is 5.92 Å². The molecule has 8 heteroatoms. The van der Waals surface area contributed by atoms with E-state index in [9.17, 15) is 14.4 Å². The van der Waals surface area contributed by atoms with Gasteiger partial charge >= 0.3 is 5.97 Å². The summed E-state index contributed by atoms with van der Waals surface area (Å²) in [6.07, 6.45) is 2.76. The van der Waals surface area contributed by atoms with Crippen LogP contribution in [0.25, 0.3) is 0 Å². The van der Waals surface area contributed by atoms with E-state index in [1.807, 2.05) is 13.8 Å². The van der Waals surface area contributed by atoms with Crippen molar-refractivity contribution in [3.8, 4) is 0 Å². The van der Waals surface area contributed by atoms with Gasteiger partial charge in [-0.25, -0.2) is 4.79 Å². The van der Waals surface area contributed by atoms with E-state index in [1.165, 1.54) is 18.4 Å². The molecule has 156 valence electrons. The van der Waals surface area contributed by atoms with Gasteiger partial charge in [0.05, 0.1) is 25.8 Å². The topological polar surface area (TPSA) is 79.0 Å². The lowest BCUT2D eigenvalue weighted by Gasteiger charge is -2.22. The third kappa shape index (κ3) is 5.32. The summed E-state index contributed by atoms with van der Waals surface area (Å²) >= 11 is 1.46. The van der Waals surface area contributed by atoms with Gasteiger partial charge in [0.25, 0.3) is 0 Å². The molecule has 0 bridgehead atoms. The van der Waals surface area contributed by atoms with Crippen LogP contribution in [0.1, 0.15) is 48.0 Å². The summed E-state index contributed by atoms with van der Waals surface area (Å²) in [6, 6.07) is 0. The maximum Gasteiger partial charge on any atom is 0.341 e. The van der Waals surface area contributed by atoms with Gasteiger partial charge in [-0.15, -0.1) is 11.3 Å². The summed E-state index contributed by atoms with van der Waals surface area (Å²) in [7, 11) is 3.10. The van der Waals surface area contributed by atoms with Crippen molar-refractivity contribution in [2.75, 3.05) is 45.7 Å². The molecule has 1 aromatic rings. The highest BCUT2D eigenvalue weighted by Crippen LogP contribution is 2.39. The molecule has 0 aromatic carbocycles. The number of methoxy groups -OCH3 is 1. The number of nitrogens with zero attached hydrogens (tertiary/aromatic N) is 2. The lowest BCUT2D eigenvalue weighted by Crippen LogP contribution is -2.41. The van der Waals surface area contributed by atoms with Crippen LogP contribution in [0, 0.1) is 5.92 Å². The van der Waals surface area contributed by atoms with Gasteiger partial charge in [0.15, 0.2) is 0 Å². The van der Waals surface area contributed by atoms with Crippen LogP contribution in [0.4, 0.5) is 5.00 Å². The highest BCUT2D eigenvalue weighted by Gasteiger charge is 2.29. The second-order valence-electron chi connectivity index (χ2n) is 7.33. The molecular formula is C20H31N3O4S. The van der Waals surface area contributed by atoms with Crippen LogP contribution in [-0.2, 0) is 27.2 Å². The van der Waals surface area contributed by atoms with Crippen molar-refractivity contribution in [2.45, 2.75) is 40.0 Å². The quantitative estimate of drug-likeness (QED) is 0.667. The Kier molecular flexibility index (Phi) is 8.00. The summed E-state index contributed by atoms with van der Waals surface area (Å²) in [5, 5.41) is 3.43. The average molecular weight is 410 g/mol. The fourth-order valence-corrected chi connectivity index (χ4v) is 4.95. The predicted octanol–water partition coefficient (Wildman–Crippen LogP) is 2.40. The molecule has 7 nitrogen and oxygen atoms in total. The molecule has 1 aliphatic carbocycles. The minimum atomic E-state index is -0.410. The molecule has 1 aliphatic rings. The molecule has 0 radical (unpaired) electrons. The molecule has 0 aliphatic heterocycles. The molecule has 2 rings (SSSR count). The number of likely N-dealkylation sites (N-methyl/N-ethyl adjacent to an activating group) is 2. The minimum absolute atomic E-state index is 0.00359. The van der Waals surface area contributed by atoms with Gasteiger partial charge in [-0.2, -0.15) is 0 Å². The summed E-state index contributed by atoms with van der Waals surface area (Å²) in [6.45, 7) is 7.61. The van der Waals surface area contributed by atoms with Gasteiger partial charge < -0.3 is 15.0 Å². The maximum atomic E-state index is 12.5. The monoisotopic (exact) mass is 409 g/mol. The Labute approximate surface area is 171 Å². The van der Waals surface area contributed by atoms with Crippen molar-refractivity contribution < 1.29 is 19.1 Å². The first-order valence-corrected chi connectivity index (χ1v) is 10.6. The van der Waals surface area contributed by atoms with Crippen molar-refractivity contribution in [1.82, 2.24) is 9.80 Å². The molecule has 0 fully saturated rings. The summed E-state index contributed by atoms with van der Waals surface area (Å²) < 4.78 is 4.95. The first-order valence-electron chi connectivity index (χ1n) is 9.79. The number of hydrogen-bond donors (Lipinski definition) is 1. The SMILES string of the molecule is CCN(CC)C(=O)CN(C)CC(=O)Nc1sc2c(c1C(=O)OC)CCC(C)C2. The van der Waals surface area contributed by atoms with Crippen molar-refractivity contribution in [3.63, 3.8) is 0 Å². The van der Waals surface area contributed by atoms with E-state index < -0.39 is 5.97 Å². The zero-order valence-electron chi connectivity index (χ0n) is 17.5. The first-order chi connectivity index (χ1) is 13.3. The number of anilines is 1. The molecule has 1 aromatic heterocycles. The normalized spacial score (nSPS) is 15.9. The Morgan fingerprint density at radius 3 is 2.50 bits per heavy atom. The number of ether oxygens (including phenoxy) is 1. The number of esters is 1. The average Bonchev–Trinajstić information content (AvgIpc) is 2.98. The largest absolute Gasteiger partial charge is 0.465 e. The summed E-state index contributed by atoms with van der Waals surface area (Å²) in [4.78, 5) is 41.6. The van der Waals surface area contributed by atoms with Crippen LogP contribution >= 0.6 is 11.3 Å². The highest BCUT2D eigenvalue weighted by atomic mass is 32.1. The second-order valence-corrected chi connectivity index (χ2v) is 8.44. The number of rotatable bonds is 8. The van der Waals surface area contributed by atoms with E-state index in [-0.39, 0.29) is 24.9 Å². The molecule has 0 spiro atoms. The van der Waals surface area contributed by atoms with E-state index >= 15 is 0 Å². The molecule has 1 N–H and O–H groups in total. The Morgan fingerprint density at radius 2 is 1.89 bits per heavy atom. The molecule has 28 heavy (non-hydrogen) atoms. The van der Waals surface area contributed by atoms with Gasteiger partial charge in [-0.3, -0.25) is 14.5 Å². The smallest absolute Gasteiger partial charge is 0.341 e. The molecule has 1 unspecified atom stereocenters. The number of nitrogens with one attached hydrogen (secondary N) is 1. The van der Waals surface area contributed by atoms with Crippen molar-refractivity contribution in [3.05, 3.63) is 16.0 Å². The van der Waals surface area contributed by atoms with Gasteiger partial charge in [0.1, 0.15) is 5.00 Å². The van der Waals surface area contributed by atoms with E-state index in [4.69, 9.17) is 4.74 Å². The first kappa shape index (κ1) is 22.4. The Bertz CT molecular complexity index is 727. The Hall–Kier alpha value is -1.93. The van der Waals surface area contributed by atoms with Crippen molar-refractivity contribution in [1.29, 1.82) is 0 Å². The zero-order valence-corrected chi connectivity index (χ0v) is 18.3. The number of carbonyl (C=O) groups excluding carboxylic acids is 3. The van der Waals surface area contributed by atoms with Gasteiger partial charge in [0.2, 0.25) is 11.8 Å². The summed E-state index contributed by atoms with van der Waals surface area (Å²) in [5.41, 5.74) is 1.50. The molecular weight excluding hydrogens is 378 g/mol. The van der Waals surface area contributed by atoms with Crippen LogP contribution in [0.5, 0.6) is 0 Å². The number of hydrogen-bond acceptors (Lipinski definition) is 6. The number of thiophene rings is 1. The lowest BCUT2D eigenvalue weighted by atomic mass is 9.88. The molecule has 1 atom stereocenters. The Morgan fingerprint density at radius 1 is 1.21 bits per heavy atom. The Balaban J connectivity index is 2.07. The van der Waals surface area contributed by atoms with Gasteiger partial charge in [-0.1, -0.05) is 6.92 Å². The third-order valence-corrected chi connectivity index (χ3v) is 6.26. The number of carbonyl (C=O) groups is 3. The van der Waals surface area contributed by atoms with Crippen LogP contribution in [-0.4, -0.2) is 67.9 Å². The standard InChI is InChI=1S/C20H31N3O4S/c1-6-23(7-2)17(25)12-22(4)11-16(24)21-19-18(20(26)27-5)14-9-8-13(3)10-15(14)28-19/h13H,6-12H2,1-5H3,(H,21,24). The highest BCUT2D eigenvalue weighted by molar-refractivity contribution is 7.17. The van der Waals surface area contributed by atoms with E-state index in [2.05, 4.69) is 12.2 Å². The zero-order chi connectivity index (χ0) is 20.8. The molecule has 0 saturated heterocycles. The second kappa shape index (κ2) is 10.0. The number of amides is 2. The lowest BCUT2D eigenvalue weighted by molar-refractivity contribution is -0.132. The molecule has 0 saturated carbocycles. The molecule has 2 amide bonds. The van der Waals surface area contributed by atoms with Crippen LogP contribution < -0.4 is 5.32 Å². The fraction of sp³-hybridized carbons (Fsp3) is 0.650. The van der Waals surface area contributed by atoms with Gasteiger partial charge in [-0.05, 0) is 51.6 Å². The van der Waals surface area contributed by atoms with E-state index in [0.717, 1.165) is 29.7 Å². The third-order valence-electron chi connectivity index (χ3n) is 5.09. The van der Waals surface area contributed by atoms with E-state index in [0.29, 0.717) is 29.6 Å². The van der Waals surface area contributed by atoms with E-state index in [1.54, 1.807) is 16.8 Å².